The van der Waals surface area contributed by atoms with Crippen molar-refractivity contribution in [1.82, 2.24) is 4.98 Å². The van der Waals surface area contributed by atoms with E-state index in [4.69, 9.17) is 0 Å². The summed E-state index contributed by atoms with van der Waals surface area (Å²) in [5.41, 5.74) is -0.624. The van der Waals surface area contributed by atoms with Gasteiger partial charge in [-0.3, -0.25) is 0 Å². The molecule has 0 radical (unpaired) electrons. The van der Waals surface area contributed by atoms with Crippen molar-refractivity contribution in [2.24, 2.45) is 0 Å². The number of alkyl halides is 4. The molecule has 0 saturated carbocycles. The molecule has 0 N–H and O–H groups in total. The summed E-state index contributed by atoms with van der Waals surface area (Å²) in [4.78, 5) is 6.13. The summed E-state index contributed by atoms with van der Waals surface area (Å²) in [6, 6.07) is 2.46. The smallest absolute Gasteiger partial charge is 0.354 e. The summed E-state index contributed by atoms with van der Waals surface area (Å²) in [6.07, 6.45) is 1.03. The van der Waals surface area contributed by atoms with Crippen LogP contribution in [0.4, 0.5) is 19.0 Å². The molecule has 19 heavy (non-hydrogen) atoms. The zero-order valence-corrected chi connectivity index (χ0v) is 12.0. The van der Waals surface area contributed by atoms with Crippen LogP contribution in [0.15, 0.2) is 18.3 Å². The predicted octanol–water partition coefficient (Wildman–Crippen LogP) is 4.24. The SMILES string of the molecule is FC(F)(F)c1ccnc(N2CCCCC2CCBr)c1. The molecule has 1 unspecified atom stereocenters. The molecule has 2 nitrogen and oxygen atoms in total. The van der Waals surface area contributed by atoms with Crippen LogP contribution in [0.25, 0.3) is 0 Å². The number of hydrogen-bond donors (Lipinski definition) is 0. The number of halogens is 4. The van der Waals surface area contributed by atoms with Gasteiger partial charge >= 0.3 is 6.18 Å². The van der Waals surface area contributed by atoms with Crippen molar-refractivity contribution >= 4 is 21.7 Å². The molecule has 0 spiro atoms. The van der Waals surface area contributed by atoms with Crippen LogP contribution in [0.5, 0.6) is 0 Å². The minimum Gasteiger partial charge on any atom is -0.354 e. The van der Waals surface area contributed by atoms with E-state index >= 15 is 0 Å². The Hall–Kier alpha value is -0.780. The van der Waals surface area contributed by atoms with E-state index in [9.17, 15) is 13.2 Å². The standard InChI is InChI=1S/C13H16BrF3N2/c14-6-4-11-3-1-2-8-19(11)12-9-10(5-7-18-12)13(15,16)17/h5,7,9,11H,1-4,6,8H2. The third kappa shape index (κ3) is 3.61. The van der Waals surface area contributed by atoms with E-state index in [-0.39, 0.29) is 6.04 Å². The molecule has 1 fully saturated rings. The Balaban J connectivity index is 2.24. The lowest BCUT2D eigenvalue weighted by Gasteiger charge is -2.36. The zero-order chi connectivity index (χ0) is 13.9. The van der Waals surface area contributed by atoms with Gasteiger partial charge in [-0.2, -0.15) is 13.2 Å². The lowest BCUT2D eigenvalue weighted by atomic mass is 10.00. The summed E-state index contributed by atoms with van der Waals surface area (Å²) in [5, 5.41) is 0.854. The molecule has 0 bridgehead atoms. The van der Waals surface area contributed by atoms with Gasteiger partial charge in [-0.05, 0) is 37.8 Å². The van der Waals surface area contributed by atoms with Crippen molar-refractivity contribution in [3.63, 3.8) is 0 Å². The number of pyridine rings is 1. The van der Waals surface area contributed by atoms with Crippen molar-refractivity contribution in [3.8, 4) is 0 Å². The molecule has 0 amide bonds. The molecule has 106 valence electrons. The first kappa shape index (κ1) is 14.6. The van der Waals surface area contributed by atoms with Crippen LogP contribution in [0.1, 0.15) is 31.2 Å². The van der Waals surface area contributed by atoms with E-state index in [0.717, 1.165) is 49.7 Å². The number of piperidine rings is 1. The summed E-state index contributed by atoms with van der Waals surface area (Å²) in [7, 11) is 0. The Bertz CT molecular complexity index is 421. The second kappa shape index (κ2) is 6.11. The van der Waals surface area contributed by atoms with Gasteiger partial charge in [0.2, 0.25) is 0 Å². The normalized spacial score (nSPS) is 20.6. The van der Waals surface area contributed by atoms with Crippen molar-refractivity contribution < 1.29 is 13.2 Å². The molecule has 1 saturated heterocycles. The molecule has 6 heteroatoms. The fourth-order valence-electron chi connectivity index (χ4n) is 2.48. The van der Waals surface area contributed by atoms with E-state index in [1.165, 1.54) is 6.20 Å². The molecule has 1 aliphatic rings. The molecular weight excluding hydrogens is 321 g/mol. The highest BCUT2D eigenvalue weighted by Gasteiger charge is 2.32. The summed E-state index contributed by atoms with van der Waals surface area (Å²) in [6.45, 7) is 0.784. The maximum absolute atomic E-state index is 12.7. The molecule has 1 aliphatic heterocycles. The average molecular weight is 337 g/mol. The van der Waals surface area contributed by atoms with Crippen LogP contribution in [0.3, 0.4) is 0 Å². The van der Waals surface area contributed by atoms with Gasteiger partial charge in [-0.1, -0.05) is 15.9 Å². The summed E-state index contributed by atoms with van der Waals surface area (Å²) in [5.74, 6) is 0.445. The Kier molecular flexibility index (Phi) is 4.71. The van der Waals surface area contributed by atoms with Crippen LogP contribution in [0.2, 0.25) is 0 Å². The third-order valence-corrected chi connectivity index (χ3v) is 3.89. The van der Waals surface area contributed by atoms with Crippen molar-refractivity contribution in [1.29, 1.82) is 0 Å². The number of hydrogen-bond acceptors (Lipinski definition) is 2. The minimum atomic E-state index is -4.31. The lowest BCUT2D eigenvalue weighted by Crippen LogP contribution is -2.40. The number of nitrogens with zero attached hydrogens (tertiary/aromatic N) is 2. The quantitative estimate of drug-likeness (QED) is 0.767. The molecule has 1 aromatic rings. The monoisotopic (exact) mass is 336 g/mol. The van der Waals surface area contributed by atoms with Crippen molar-refractivity contribution in [2.75, 3.05) is 16.8 Å². The second-order valence-corrected chi connectivity index (χ2v) is 5.51. The predicted molar refractivity (Wildman–Crippen MR) is 72.6 cm³/mol. The third-order valence-electron chi connectivity index (χ3n) is 3.44. The molecule has 2 heterocycles. The fourth-order valence-corrected chi connectivity index (χ4v) is 3.01. The molecular formula is C13H16BrF3N2. The van der Waals surface area contributed by atoms with Crippen LogP contribution < -0.4 is 4.90 Å². The largest absolute Gasteiger partial charge is 0.416 e. The molecule has 2 rings (SSSR count). The Morgan fingerprint density at radius 3 is 2.84 bits per heavy atom. The van der Waals surface area contributed by atoms with Gasteiger partial charge in [-0.25, -0.2) is 4.98 Å². The number of rotatable bonds is 3. The van der Waals surface area contributed by atoms with Crippen molar-refractivity contribution in [2.45, 2.75) is 37.9 Å². The van der Waals surface area contributed by atoms with E-state index in [2.05, 4.69) is 20.9 Å². The van der Waals surface area contributed by atoms with E-state index in [0.29, 0.717) is 5.82 Å². The van der Waals surface area contributed by atoms with Gasteiger partial charge in [-0.15, -0.1) is 0 Å². The molecule has 1 atom stereocenters. The first-order valence-corrected chi connectivity index (χ1v) is 7.50. The number of anilines is 1. The Labute approximate surface area is 119 Å². The van der Waals surface area contributed by atoms with Crippen LogP contribution >= 0.6 is 15.9 Å². The van der Waals surface area contributed by atoms with Gasteiger partial charge < -0.3 is 4.90 Å². The van der Waals surface area contributed by atoms with Gasteiger partial charge in [0.05, 0.1) is 5.56 Å². The fraction of sp³-hybridized carbons (Fsp3) is 0.615. The van der Waals surface area contributed by atoms with E-state index in [1.54, 1.807) is 0 Å². The average Bonchev–Trinajstić information content (AvgIpc) is 2.39. The maximum atomic E-state index is 12.7. The van der Waals surface area contributed by atoms with Gasteiger partial charge in [0, 0.05) is 24.1 Å². The van der Waals surface area contributed by atoms with Gasteiger partial charge in [0.15, 0.2) is 0 Å². The minimum absolute atomic E-state index is 0.282. The van der Waals surface area contributed by atoms with Crippen LogP contribution in [0, 0.1) is 0 Å². The maximum Gasteiger partial charge on any atom is 0.416 e. The molecule has 1 aromatic heterocycles. The zero-order valence-electron chi connectivity index (χ0n) is 10.5. The number of aromatic nitrogens is 1. The molecule has 0 aliphatic carbocycles. The summed E-state index contributed by atoms with van der Waals surface area (Å²) >= 11 is 3.40. The molecule has 0 aromatic carbocycles. The Morgan fingerprint density at radius 1 is 1.37 bits per heavy atom. The Morgan fingerprint density at radius 2 is 2.16 bits per heavy atom. The lowest BCUT2D eigenvalue weighted by molar-refractivity contribution is -0.137. The first-order chi connectivity index (χ1) is 9.02. The first-order valence-electron chi connectivity index (χ1n) is 6.38. The van der Waals surface area contributed by atoms with Crippen molar-refractivity contribution in [3.05, 3.63) is 23.9 Å². The highest BCUT2D eigenvalue weighted by atomic mass is 79.9. The topological polar surface area (TPSA) is 16.1 Å². The highest BCUT2D eigenvalue weighted by molar-refractivity contribution is 9.09. The van der Waals surface area contributed by atoms with E-state index < -0.39 is 11.7 Å². The second-order valence-electron chi connectivity index (χ2n) is 4.72. The van der Waals surface area contributed by atoms with E-state index in [1.807, 2.05) is 4.90 Å². The van der Waals surface area contributed by atoms with Crippen LogP contribution in [-0.4, -0.2) is 22.9 Å². The van der Waals surface area contributed by atoms with Gasteiger partial charge in [0.25, 0.3) is 0 Å². The van der Waals surface area contributed by atoms with Crippen LogP contribution in [-0.2, 0) is 6.18 Å². The summed E-state index contributed by atoms with van der Waals surface area (Å²) < 4.78 is 38.2. The highest BCUT2D eigenvalue weighted by Crippen LogP contribution is 2.32. The van der Waals surface area contributed by atoms with Gasteiger partial charge in [0.1, 0.15) is 5.82 Å².